The number of nitrogens with zero attached hydrogens (tertiary/aromatic N) is 2. The molecule has 0 aromatic carbocycles. The van der Waals surface area contributed by atoms with Crippen molar-refractivity contribution < 1.29 is 8.42 Å². The highest BCUT2D eigenvalue weighted by Crippen LogP contribution is 2.40. The lowest BCUT2D eigenvalue weighted by Crippen LogP contribution is -2.47. The maximum Gasteiger partial charge on any atom is 0.251 e. The third-order valence-electron chi connectivity index (χ3n) is 3.92. The molecule has 2 aromatic heterocycles. The van der Waals surface area contributed by atoms with Crippen LogP contribution in [0.15, 0.2) is 52.8 Å². The van der Waals surface area contributed by atoms with Gasteiger partial charge >= 0.3 is 0 Å². The van der Waals surface area contributed by atoms with Crippen molar-refractivity contribution in [1.29, 1.82) is 0 Å². The summed E-state index contributed by atoms with van der Waals surface area (Å²) in [5.41, 5.74) is 1.20. The van der Waals surface area contributed by atoms with Crippen molar-refractivity contribution in [3.8, 4) is 0 Å². The molecule has 2 atom stereocenters. The molecule has 2 aromatic rings. The van der Waals surface area contributed by atoms with Gasteiger partial charge in [0, 0.05) is 22.3 Å². The number of alkyl halides is 1. The number of allylic oxidation sites excluding steroid dienone is 3. The summed E-state index contributed by atoms with van der Waals surface area (Å²) >= 11 is 9.82. The van der Waals surface area contributed by atoms with Gasteiger partial charge in [-0.15, -0.1) is 11.6 Å². The van der Waals surface area contributed by atoms with E-state index in [1.807, 2.05) is 19.1 Å². The Morgan fingerprint density at radius 1 is 1.41 bits per heavy atom. The molecule has 0 N–H and O–H groups in total. The van der Waals surface area contributed by atoms with Gasteiger partial charge in [0.25, 0.3) is 10.0 Å². The first-order chi connectivity index (χ1) is 10.3. The number of rotatable bonds is 2. The number of aromatic nitrogens is 2. The van der Waals surface area contributed by atoms with E-state index in [-0.39, 0.29) is 0 Å². The molecule has 4 nitrogen and oxygen atoms in total. The van der Waals surface area contributed by atoms with E-state index in [1.165, 1.54) is 10.2 Å². The second kappa shape index (κ2) is 5.22. The van der Waals surface area contributed by atoms with E-state index in [9.17, 15) is 8.42 Å². The molecular weight excluding hydrogens is 388 g/mol. The maximum atomic E-state index is 13.2. The van der Waals surface area contributed by atoms with Gasteiger partial charge in [-0.1, -0.05) is 21.5 Å². The molecule has 0 radical (unpaired) electrons. The molecule has 2 heterocycles. The molecule has 1 aliphatic carbocycles. The third kappa shape index (κ3) is 2.16. The zero-order valence-corrected chi connectivity index (χ0v) is 15.2. The quantitative estimate of drug-likeness (QED) is 0.719. The van der Waals surface area contributed by atoms with E-state index in [0.29, 0.717) is 10.1 Å². The van der Waals surface area contributed by atoms with Crippen LogP contribution in [0.3, 0.4) is 0 Å². The monoisotopic (exact) mass is 400 g/mol. The Kier molecular flexibility index (Phi) is 3.74. The van der Waals surface area contributed by atoms with Crippen LogP contribution in [0.25, 0.3) is 11.0 Å². The minimum absolute atomic E-state index is 0.407. The Balaban J connectivity index is 2.24. The highest BCUT2D eigenvalue weighted by atomic mass is 79.9. The van der Waals surface area contributed by atoms with E-state index >= 15 is 0 Å². The average Bonchev–Trinajstić information content (AvgIpc) is 2.89. The van der Waals surface area contributed by atoms with Crippen LogP contribution in [0, 0.1) is 0 Å². The smallest absolute Gasteiger partial charge is 0.237 e. The number of pyridine rings is 1. The molecular formula is C15H14BrClN2O2S. The molecule has 0 bridgehead atoms. The third-order valence-corrected chi connectivity index (χ3v) is 7.59. The summed E-state index contributed by atoms with van der Waals surface area (Å²) < 4.78 is 27.1. The Morgan fingerprint density at radius 2 is 2.14 bits per heavy atom. The van der Waals surface area contributed by atoms with Crippen molar-refractivity contribution in [1.82, 2.24) is 8.96 Å². The Labute approximate surface area is 142 Å². The summed E-state index contributed by atoms with van der Waals surface area (Å²) in [5, 5.41) is 0.117. The van der Waals surface area contributed by atoms with Crippen LogP contribution in [0.2, 0.25) is 0 Å². The van der Waals surface area contributed by atoms with Crippen LogP contribution in [-0.2, 0) is 10.0 Å². The summed E-state index contributed by atoms with van der Waals surface area (Å²) in [4.78, 5) is 4.19. The van der Waals surface area contributed by atoms with Crippen molar-refractivity contribution in [2.75, 3.05) is 0 Å². The molecule has 22 heavy (non-hydrogen) atoms. The minimum Gasteiger partial charge on any atom is -0.237 e. The van der Waals surface area contributed by atoms with Crippen molar-refractivity contribution in [3.05, 3.63) is 52.8 Å². The van der Waals surface area contributed by atoms with Crippen molar-refractivity contribution in [2.45, 2.75) is 24.0 Å². The van der Waals surface area contributed by atoms with Gasteiger partial charge in [-0.25, -0.2) is 17.4 Å². The van der Waals surface area contributed by atoms with Gasteiger partial charge in [0.15, 0.2) is 5.65 Å². The van der Waals surface area contributed by atoms with Gasteiger partial charge in [0.1, 0.15) is 4.75 Å². The standard InChI is InChI=1S/C15H14BrClN2O2S/c1-10-8-12(16)9-15(2,13(10)17)22(20,21)19-7-5-11-4-3-6-18-14(11)19/h3-9,13H,1-2H3. The lowest BCUT2D eigenvalue weighted by atomic mass is 9.95. The number of hydrogen-bond donors (Lipinski definition) is 0. The van der Waals surface area contributed by atoms with Crippen molar-refractivity contribution in [2.24, 2.45) is 0 Å². The zero-order chi connectivity index (χ0) is 16.1. The Bertz CT molecular complexity index is 917. The highest BCUT2D eigenvalue weighted by molar-refractivity contribution is 9.11. The van der Waals surface area contributed by atoms with Crippen LogP contribution < -0.4 is 0 Å². The fourth-order valence-electron chi connectivity index (χ4n) is 2.68. The summed E-state index contributed by atoms with van der Waals surface area (Å²) in [6.45, 7) is 3.46. The largest absolute Gasteiger partial charge is 0.251 e. The first-order valence-electron chi connectivity index (χ1n) is 6.65. The lowest BCUT2D eigenvalue weighted by molar-refractivity contribution is 0.552. The molecule has 0 spiro atoms. The van der Waals surface area contributed by atoms with E-state index in [1.54, 1.807) is 31.3 Å². The van der Waals surface area contributed by atoms with Crippen molar-refractivity contribution in [3.63, 3.8) is 0 Å². The van der Waals surface area contributed by atoms with Gasteiger partial charge in [-0.05, 0) is 44.2 Å². The minimum atomic E-state index is -3.78. The van der Waals surface area contributed by atoms with Gasteiger partial charge in [0.05, 0.1) is 5.38 Å². The van der Waals surface area contributed by atoms with E-state index < -0.39 is 20.1 Å². The van der Waals surface area contributed by atoms with Gasteiger partial charge in [0.2, 0.25) is 0 Å². The predicted molar refractivity (Wildman–Crippen MR) is 92.9 cm³/mol. The van der Waals surface area contributed by atoms with E-state index in [2.05, 4.69) is 20.9 Å². The second-order valence-corrected chi connectivity index (χ2v) is 9.07. The molecule has 116 valence electrons. The predicted octanol–water partition coefficient (Wildman–Crippen LogP) is 3.82. The Hall–Kier alpha value is -1.11. The van der Waals surface area contributed by atoms with Crippen molar-refractivity contribution >= 4 is 48.6 Å². The molecule has 0 saturated heterocycles. The second-order valence-electron chi connectivity index (χ2n) is 5.50. The summed E-state index contributed by atoms with van der Waals surface area (Å²) in [7, 11) is -3.78. The zero-order valence-electron chi connectivity index (χ0n) is 12.0. The lowest BCUT2D eigenvalue weighted by Gasteiger charge is -2.34. The fraction of sp³-hybridized carbons (Fsp3) is 0.267. The molecule has 3 rings (SSSR count). The average molecular weight is 402 g/mol. The van der Waals surface area contributed by atoms with Crippen LogP contribution in [0.5, 0.6) is 0 Å². The maximum absolute atomic E-state index is 13.2. The van der Waals surface area contributed by atoms with Gasteiger partial charge < -0.3 is 0 Å². The molecule has 0 fully saturated rings. The molecule has 1 aliphatic rings. The molecule has 0 amide bonds. The van der Waals surface area contributed by atoms with Gasteiger partial charge in [-0.3, -0.25) is 0 Å². The summed E-state index contributed by atoms with van der Waals surface area (Å²) in [6, 6.07) is 5.33. The molecule has 0 saturated carbocycles. The Morgan fingerprint density at radius 3 is 2.86 bits per heavy atom. The van der Waals surface area contributed by atoms with E-state index in [0.717, 1.165) is 11.0 Å². The highest BCUT2D eigenvalue weighted by Gasteiger charge is 2.47. The van der Waals surface area contributed by atoms with Crippen LogP contribution in [-0.4, -0.2) is 27.5 Å². The van der Waals surface area contributed by atoms with Crippen LogP contribution in [0.1, 0.15) is 13.8 Å². The van der Waals surface area contributed by atoms with Crippen LogP contribution >= 0.6 is 27.5 Å². The van der Waals surface area contributed by atoms with E-state index in [4.69, 9.17) is 11.6 Å². The topological polar surface area (TPSA) is 52.0 Å². The number of halogens is 2. The fourth-order valence-corrected chi connectivity index (χ4v) is 5.88. The SMILES string of the molecule is CC1=CC(Br)=CC(C)(S(=O)(=O)n2ccc3cccnc32)C1Cl. The molecule has 0 aliphatic heterocycles. The summed E-state index contributed by atoms with van der Waals surface area (Å²) in [5.74, 6) is 0. The number of fused-ring (bicyclic) bond motifs is 1. The number of hydrogen-bond acceptors (Lipinski definition) is 3. The normalized spacial score (nSPS) is 25.9. The van der Waals surface area contributed by atoms with Gasteiger partial charge in [-0.2, -0.15) is 0 Å². The summed E-state index contributed by atoms with van der Waals surface area (Å²) in [6.07, 6.45) is 6.58. The van der Waals surface area contributed by atoms with Crippen LogP contribution in [0.4, 0.5) is 0 Å². The first kappa shape index (κ1) is 15.8. The molecule has 2 unspecified atom stereocenters. The first-order valence-corrected chi connectivity index (χ1v) is 9.32. The molecule has 7 heteroatoms.